The first kappa shape index (κ1) is 7.68. The Morgan fingerprint density at radius 2 is 2.38 bits per heavy atom. The highest BCUT2D eigenvalue weighted by molar-refractivity contribution is 6.07. The third kappa shape index (κ3) is 2.79. The lowest BCUT2D eigenvalue weighted by Crippen LogP contribution is -2.23. The van der Waals surface area contributed by atoms with Crippen molar-refractivity contribution in [1.29, 1.82) is 0 Å². The van der Waals surface area contributed by atoms with E-state index in [0.29, 0.717) is 0 Å². The third-order valence-corrected chi connectivity index (χ3v) is 0.632. The molecular weight excluding hydrogens is 135 g/mol. The van der Waals surface area contributed by atoms with Gasteiger partial charge in [-0.2, -0.15) is 0 Å². The summed E-state index contributed by atoms with van der Waals surface area (Å²) >= 11 is 4.62. The number of aliphatic hydroxyl groups excluding tert-OH is 1. The van der Waals surface area contributed by atoms with Crippen LogP contribution in [-0.2, 0) is 9.08 Å². The van der Waals surface area contributed by atoms with Crippen molar-refractivity contribution in [1.82, 2.24) is 0 Å². The summed E-state index contributed by atoms with van der Waals surface area (Å²) in [7, 11) is 0. The summed E-state index contributed by atoms with van der Waals surface area (Å²) in [6.07, 6.45) is -1.52. The second-order valence-electron chi connectivity index (χ2n) is 1.13. The third-order valence-electron chi connectivity index (χ3n) is 0.506. The SMILES string of the molecule is O=C(O)C(O)COCl. The minimum Gasteiger partial charge on any atom is -0.479 e. The molecule has 4 nitrogen and oxygen atoms in total. The van der Waals surface area contributed by atoms with E-state index in [0.717, 1.165) is 0 Å². The molecule has 0 rings (SSSR count). The molecule has 0 aromatic rings. The average Bonchev–Trinajstić information content (AvgIpc) is 1.67. The Balaban J connectivity index is 3.32. The Morgan fingerprint density at radius 3 is 2.50 bits per heavy atom. The van der Waals surface area contributed by atoms with Crippen LogP contribution in [0.1, 0.15) is 0 Å². The van der Waals surface area contributed by atoms with Crippen LogP contribution in [0, 0.1) is 0 Å². The summed E-state index contributed by atoms with van der Waals surface area (Å²) in [5.74, 6) is -1.34. The Hall–Kier alpha value is -0.320. The molecule has 0 bridgehead atoms. The van der Waals surface area contributed by atoms with Crippen molar-refractivity contribution in [2.75, 3.05) is 6.61 Å². The smallest absolute Gasteiger partial charge is 0.335 e. The predicted octanol–water partition coefficient (Wildman–Crippen LogP) is -0.398. The highest BCUT2D eigenvalue weighted by Gasteiger charge is 2.11. The van der Waals surface area contributed by atoms with Gasteiger partial charge in [0.1, 0.15) is 6.61 Å². The summed E-state index contributed by atoms with van der Waals surface area (Å²) in [5.41, 5.74) is 0. The molecule has 1 unspecified atom stereocenters. The predicted molar refractivity (Wildman–Crippen MR) is 25.4 cm³/mol. The van der Waals surface area contributed by atoms with E-state index in [9.17, 15) is 4.79 Å². The Labute approximate surface area is 50.8 Å². The summed E-state index contributed by atoms with van der Waals surface area (Å²) in [4.78, 5) is 9.70. The first-order valence-electron chi connectivity index (χ1n) is 1.83. The maximum Gasteiger partial charge on any atom is 0.335 e. The van der Waals surface area contributed by atoms with Gasteiger partial charge in [0.25, 0.3) is 0 Å². The molecule has 2 N–H and O–H groups in total. The van der Waals surface area contributed by atoms with Gasteiger partial charge in [-0.05, 0) is 0 Å². The molecule has 0 aromatic carbocycles. The number of halogens is 1. The van der Waals surface area contributed by atoms with E-state index in [4.69, 9.17) is 10.2 Å². The van der Waals surface area contributed by atoms with Gasteiger partial charge in [-0.1, -0.05) is 0 Å². The molecule has 0 fully saturated rings. The van der Waals surface area contributed by atoms with Crippen molar-refractivity contribution < 1.29 is 19.3 Å². The van der Waals surface area contributed by atoms with E-state index >= 15 is 0 Å². The number of carbonyl (C=O) groups is 1. The van der Waals surface area contributed by atoms with E-state index in [-0.39, 0.29) is 0 Å². The maximum atomic E-state index is 9.70. The lowest BCUT2D eigenvalue weighted by molar-refractivity contribution is -0.148. The van der Waals surface area contributed by atoms with Crippen LogP contribution >= 0.6 is 11.9 Å². The van der Waals surface area contributed by atoms with Gasteiger partial charge in [0.05, 0.1) is 11.9 Å². The fourth-order valence-corrected chi connectivity index (χ4v) is 0.250. The van der Waals surface area contributed by atoms with Crippen molar-refractivity contribution in [2.24, 2.45) is 0 Å². The zero-order valence-electron chi connectivity index (χ0n) is 3.87. The molecule has 48 valence electrons. The lowest BCUT2D eigenvalue weighted by Gasteiger charge is -1.98. The van der Waals surface area contributed by atoms with Crippen molar-refractivity contribution in [3.05, 3.63) is 0 Å². The molecule has 0 amide bonds. The summed E-state index contributed by atoms with van der Waals surface area (Å²) in [6.45, 7) is -0.392. The average molecular weight is 141 g/mol. The molecule has 8 heavy (non-hydrogen) atoms. The Morgan fingerprint density at radius 1 is 1.88 bits per heavy atom. The summed E-state index contributed by atoms with van der Waals surface area (Å²) in [5, 5.41) is 16.2. The van der Waals surface area contributed by atoms with Gasteiger partial charge in [0, 0.05) is 0 Å². The van der Waals surface area contributed by atoms with Crippen LogP contribution in [0.2, 0.25) is 0 Å². The molecule has 0 saturated heterocycles. The van der Waals surface area contributed by atoms with Gasteiger partial charge in [0.2, 0.25) is 0 Å². The first-order chi connectivity index (χ1) is 3.68. The largest absolute Gasteiger partial charge is 0.479 e. The molecule has 0 saturated carbocycles. The van der Waals surface area contributed by atoms with E-state index in [1.165, 1.54) is 0 Å². The number of hydrogen-bond acceptors (Lipinski definition) is 3. The van der Waals surface area contributed by atoms with Crippen LogP contribution in [0.25, 0.3) is 0 Å². The summed E-state index contributed by atoms with van der Waals surface area (Å²) < 4.78 is 3.81. The van der Waals surface area contributed by atoms with Gasteiger partial charge in [-0.3, -0.25) is 4.29 Å². The zero-order chi connectivity index (χ0) is 6.57. The molecule has 5 heteroatoms. The van der Waals surface area contributed by atoms with Gasteiger partial charge >= 0.3 is 5.97 Å². The van der Waals surface area contributed by atoms with Crippen molar-refractivity contribution in [3.8, 4) is 0 Å². The lowest BCUT2D eigenvalue weighted by atomic mass is 10.4. The first-order valence-corrected chi connectivity index (χ1v) is 2.13. The molecule has 0 aliphatic heterocycles. The molecule has 0 heterocycles. The highest BCUT2D eigenvalue weighted by atomic mass is 35.5. The van der Waals surface area contributed by atoms with Crippen molar-refractivity contribution in [2.45, 2.75) is 6.10 Å². The van der Waals surface area contributed by atoms with Gasteiger partial charge in [0.15, 0.2) is 6.10 Å². The molecule has 0 aliphatic rings. The standard InChI is InChI=1S/C3H5ClO4/c4-8-1-2(5)3(6)7/h2,5H,1H2,(H,6,7). The van der Waals surface area contributed by atoms with Crippen LogP contribution < -0.4 is 0 Å². The minimum absolute atomic E-state index is 0.392. The molecule has 0 aromatic heterocycles. The van der Waals surface area contributed by atoms with Crippen LogP contribution in [0.4, 0.5) is 0 Å². The van der Waals surface area contributed by atoms with Crippen LogP contribution in [0.5, 0.6) is 0 Å². The number of aliphatic carboxylic acids is 1. The van der Waals surface area contributed by atoms with Crippen molar-refractivity contribution in [3.63, 3.8) is 0 Å². The van der Waals surface area contributed by atoms with E-state index < -0.39 is 18.7 Å². The monoisotopic (exact) mass is 140 g/mol. The van der Waals surface area contributed by atoms with E-state index in [2.05, 4.69) is 16.2 Å². The zero-order valence-corrected chi connectivity index (χ0v) is 4.63. The molecule has 1 atom stereocenters. The minimum atomic E-state index is -1.52. The normalized spacial score (nSPS) is 13.2. The molecular formula is C3H5ClO4. The van der Waals surface area contributed by atoms with Crippen LogP contribution in [0.15, 0.2) is 0 Å². The van der Waals surface area contributed by atoms with Gasteiger partial charge < -0.3 is 10.2 Å². The number of rotatable bonds is 3. The van der Waals surface area contributed by atoms with Gasteiger partial charge in [-0.25, -0.2) is 4.79 Å². The molecule has 0 spiro atoms. The summed E-state index contributed by atoms with van der Waals surface area (Å²) in [6, 6.07) is 0. The maximum absolute atomic E-state index is 9.70. The number of carboxylic acids is 1. The number of aliphatic hydroxyl groups is 1. The second-order valence-corrected chi connectivity index (χ2v) is 1.35. The molecule has 0 radical (unpaired) electrons. The van der Waals surface area contributed by atoms with Crippen molar-refractivity contribution >= 4 is 17.8 Å². The van der Waals surface area contributed by atoms with E-state index in [1.807, 2.05) is 0 Å². The quantitative estimate of drug-likeness (QED) is 0.560. The van der Waals surface area contributed by atoms with E-state index in [1.54, 1.807) is 0 Å². The topological polar surface area (TPSA) is 66.8 Å². The number of carboxylic acid groups (broad SMARTS) is 1. The fraction of sp³-hybridized carbons (Fsp3) is 0.667. The number of hydrogen-bond donors (Lipinski definition) is 2. The Bertz CT molecular complexity index is 83.4. The highest BCUT2D eigenvalue weighted by Crippen LogP contribution is 1.86. The van der Waals surface area contributed by atoms with Gasteiger partial charge in [-0.15, -0.1) is 0 Å². The van der Waals surface area contributed by atoms with Crippen LogP contribution in [-0.4, -0.2) is 28.9 Å². The van der Waals surface area contributed by atoms with Crippen LogP contribution in [0.3, 0.4) is 0 Å². The second kappa shape index (κ2) is 3.65. The Kier molecular flexibility index (Phi) is 3.51. The molecule has 0 aliphatic carbocycles. The fourth-order valence-electron chi connectivity index (χ4n) is 0.131.